The lowest BCUT2D eigenvalue weighted by atomic mass is 10.0. The molecule has 0 radical (unpaired) electrons. The average Bonchev–Trinajstić information content (AvgIpc) is 2.93. The largest absolute Gasteiger partial charge is 0.330 e. The molecule has 0 aromatic rings. The fourth-order valence-corrected chi connectivity index (χ4v) is 5.38. The molecule has 0 saturated heterocycles. The van der Waals surface area contributed by atoms with Crippen molar-refractivity contribution in [2.24, 2.45) is 11.5 Å². The molecule has 0 rings (SSSR count). The van der Waals surface area contributed by atoms with Crippen molar-refractivity contribution in [2.75, 3.05) is 13.1 Å². The molecule has 0 unspecified atom stereocenters. The Balaban J connectivity index is -0.000000309. The number of hydrogen-bond acceptors (Lipinski definition) is 2. The van der Waals surface area contributed by atoms with Gasteiger partial charge in [0.2, 0.25) is 0 Å². The molecule has 0 spiro atoms. The molecule has 0 atom stereocenters. The molecule has 0 aromatic heterocycles. The van der Waals surface area contributed by atoms with Crippen molar-refractivity contribution >= 4 is 24.8 Å². The van der Waals surface area contributed by atoms with Crippen molar-refractivity contribution in [2.45, 2.75) is 219 Å². The molecule has 2 nitrogen and oxygen atoms in total. The van der Waals surface area contributed by atoms with E-state index >= 15 is 0 Å². The van der Waals surface area contributed by atoms with Crippen LogP contribution in [0.4, 0.5) is 0 Å². The van der Waals surface area contributed by atoms with E-state index in [0.717, 1.165) is 13.1 Å². The van der Waals surface area contributed by atoms with Gasteiger partial charge in [-0.3, -0.25) is 0 Å². The molecule has 0 aliphatic carbocycles. The summed E-state index contributed by atoms with van der Waals surface area (Å²) in [6, 6.07) is 0. The molecule has 0 heterocycles. The summed E-state index contributed by atoms with van der Waals surface area (Å²) < 4.78 is 0. The predicted molar refractivity (Wildman–Crippen MR) is 192 cm³/mol. The summed E-state index contributed by atoms with van der Waals surface area (Å²) in [5, 5.41) is 0. The Morgan fingerprint density at radius 2 is 0.350 bits per heavy atom. The van der Waals surface area contributed by atoms with Gasteiger partial charge in [-0.15, -0.1) is 24.8 Å². The van der Waals surface area contributed by atoms with Crippen LogP contribution in [0.2, 0.25) is 0 Å². The fraction of sp³-hybridized carbons (Fsp3) is 1.00. The van der Waals surface area contributed by atoms with Crippen LogP contribution in [-0.4, -0.2) is 13.1 Å². The van der Waals surface area contributed by atoms with E-state index in [2.05, 4.69) is 13.8 Å². The van der Waals surface area contributed by atoms with Gasteiger partial charge in [-0.2, -0.15) is 0 Å². The first-order valence-corrected chi connectivity index (χ1v) is 18.2. The van der Waals surface area contributed by atoms with E-state index in [0.29, 0.717) is 0 Å². The van der Waals surface area contributed by atoms with Crippen LogP contribution in [-0.2, 0) is 0 Å². The molecule has 4 heteroatoms. The molecule has 40 heavy (non-hydrogen) atoms. The molecule has 0 fully saturated rings. The van der Waals surface area contributed by atoms with Crippen molar-refractivity contribution in [3.63, 3.8) is 0 Å². The Bertz CT molecular complexity index is 303. The summed E-state index contributed by atoms with van der Waals surface area (Å²) in [7, 11) is 0. The number of halogens is 2. The highest BCUT2D eigenvalue weighted by Gasteiger charge is 1.95. The summed E-state index contributed by atoms with van der Waals surface area (Å²) in [5.41, 5.74) is 11.0. The number of hydrogen-bond donors (Lipinski definition) is 2. The first-order valence-electron chi connectivity index (χ1n) is 18.2. The minimum absolute atomic E-state index is 0. The van der Waals surface area contributed by atoms with Crippen LogP contribution in [0.15, 0.2) is 0 Å². The lowest BCUT2D eigenvalue weighted by molar-refractivity contribution is 0.530. The summed E-state index contributed by atoms with van der Waals surface area (Å²) in [6.07, 6.45) is 45.7. The highest BCUT2D eigenvalue weighted by molar-refractivity contribution is 5.85. The standard InChI is InChI=1S/2C18H39N.2ClH/c2*1-2-3-4-5-6-7-8-9-10-11-12-13-14-15-16-17-18-19;;/h2*2-19H2,1H3;2*1H. The summed E-state index contributed by atoms with van der Waals surface area (Å²) in [4.78, 5) is 0. The van der Waals surface area contributed by atoms with Crippen LogP contribution in [0.25, 0.3) is 0 Å². The highest BCUT2D eigenvalue weighted by Crippen LogP contribution is 2.15. The van der Waals surface area contributed by atoms with E-state index in [4.69, 9.17) is 11.5 Å². The van der Waals surface area contributed by atoms with Gasteiger partial charge in [0, 0.05) is 0 Å². The molecular formula is C36H80Cl2N2. The zero-order valence-corrected chi connectivity index (χ0v) is 29.6. The van der Waals surface area contributed by atoms with Crippen molar-refractivity contribution in [1.29, 1.82) is 0 Å². The fourth-order valence-electron chi connectivity index (χ4n) is 5.38. The van der Waals surface area contributed by atoms with Crippen molar-refractivity contribution in [1.82, 2.24) is 0 Å². The second-order valence-electron chi connectivity index (χ2n) is 12.2. The lowest BCUT2D eigenvalue weighted by Gasteiger charge is -2.03. The van der Waals surface area contributed by atoms with E-state index in [1.165, 1.54) is 205 Å². The molecule has 248 valence electrons. The van der Waals surface area contributed by atoms with Gasteiger partial charge in [-0.05, 0) is 25.9 Å². The van der Waals surface area contributed by atoms with E-state index in [1.807, 2.05) is 0 Å². The third-order valence-electron chi connectivity index (χ3n) is 8.12. The third kappa shape index (κ3) is 51.3. The van der Waals surface area contributed by atoms with Crippen LogP contribution < -0.4 is 11.5 Å². The van der Waals surface area contributed by atoms with Gasteiger partial charge >= 0.3 is 0 Å². The maximum absolute atomic E-state index is 5.48. The monoisotopic (exact) mass is 611 g/mol. The molecule has 4 N–H and O–H groups in total. The summed E-state index contributed by atoms with van der Waals surface area (Å²) in [5.74, 6) is 0. The minimum Gasteiger partial charge on any atom is -0.330 e. The third-order valence-corrected chi connectivity index (χ3v) is 8.12. The second-order valence-corrected chi connectivity index (χ2v) is 12.2. The molecule has 0 aliphatic rings. The molecule has 0 aliphatic heterocycles. The van der Waals surface area contributed by atoms with Crippen LogP contribution in [0.5, 0.6) is 0 Å². The zero-order chi connectivity index (χ0) is 28.0. The van der Waals surface area contributed by atoms with E-state index < -0.39 is 0 Å². The van der Waals surface area contributed by atoms with Crippen molar-refractivity contribution in [3.05, 3.63) is 0 Å². The molecule has 0 saturated carbocycles. The summed E-state index contributed by atoms with van der Waals surface area (Å²) in [6.45, 7) is 6.33. The Hall–Kier alpha value is 0.500. The van der Waals surface area contributed by atoms with Crippen LogP contribution in [0.3, 0.4) is 0 Å². The Kier molecular flexibility index (Phi) is 58.3. The van der Waals surface area contributed by atoms with E-state index in [-0.39, 0.29) is 24.8 Å². The van der Waals surface area contributed by atoms with Crippen LogP contribution >= 0.6 is 24.8 Å². The minimum atomic E-state index is 0. The Morgan fingerprint density at radius 1 is 0.225 bits per heavy atom. The van der Waals surface area contributed by atoms with Gasteiger partial charge in [-0.25, -0.2) is 0 Å². The predicted octanol–water partition coefficient (Wildman–Crippen LogP) is 13.3. The molecule has 0 amide bonds. The van der Waals surface area contributed by atoms with Crippen LogP contribution in [0.1, 0.15) is 219 Å². The number of rotatable bonds is 32. The van der Waals surface area contributed by atoms with Gasteiger partial charge in [0.1, 0.15) is 0 Å². The van der Waals surface area contributed by atoms with Crippen molar-refractivity contribution in [3.8, 4) is 0 Å². The summed E-state index contributed by atoms with van der Waals surface area (Å²) >= 11 is 0. The lowest BCUT2D eigenvalue weighted by Crippen LogP contribution is -1.97. The van der Waals surface area contributed by atoms with Gasteiger partial charge in [0.15, 0.2) is 0 Å². The van der Waals surface area contributed by atoms with Crippen LogP contribution in [0, 0.1) is 0 Å². The highest BCUT2D eigenvalue weighted by atomic mass is 35.5. The van der Waals surface area contributed by atoms with Gasteiger partial charge < -0.3 is 11.5 Å². The normalized spacial score (nSPS) is 10.5. The maximum atomic E-state index is 5.48. The first-order chi connectivity index (χ1) is 18.8. The van der Waals surface area contributed by atoms with Crippen molar-refractivity contribution < 1.29 is 0 Å². The maximum Gasteiger partial charge on any atom is -0.00773 e. The quantitative estimate of drug-likeness (QED) is 0.0743. The molecule has 0 bridgehead atoms. The molecular weight excluding hydrogens is 531 g/mol. The number of nitrogens with two attached hydrogens (primary N) is 2. The average molecular weight is 612 g/mol. The molecule has 0 aromatic carbocycles. The zero-order valence-electron chi connectivity index (χ0n) is 28.0. The Labute approximate surface area is 268 Å². The Morgan fingerprint density at radius 3 is 0.475 bits per heavy atom. The smallest absolute Gasteiger partial charge is 0.00773 e. The van der Waals surface area contributed by atoms with E-state index in [9.17, 15) is 0 Å². The second kappa shape index (κ2) is 49.2. The van der Waals surface area contributed by atoms with Gasteiger partial charge in [0.05, 0.1) is 0 Å². The first kappa shape index (κ1) is 47.4. The topological polar surface area (TPSA) is 52.0 Å². The number of unbranched alkanes of at least 4 members (excludes halogenated alkanes) is 30. The van der Waals surface area contributed by atoms with Gasteiger partial charge in [0.25, 0.3) is 0 Å². The SMILES string of the molecule is CCCCCCCCCCCCCCCCCCN.CCCCCCCCCCCCCCCCCCN.Cl.Cl. The van der Waals surface area contributed by atoms with Gasteiger partial charge in [-0.1, -0.05) is 206 Å². The van der Waals surface area contributed by atoms with E-state index in [1.54, 1.807) is 0 Å².